The zero-order chi connectivity index (χ0) is 14.7. The molecule has 0 radical (unpaired) electrons. The van der Waals surface area contributed by atoms with E-state index >= 15 is 0 Å². The lowest BCUT2D eigenvalue weighted by atomic mass is 10.0. The van der Waals surface area contributed by atoms with Gasteiger partial charge in [-0.2, -0.15) is 0 Å². The van der Waals surface area contributed by atoms with E-state index in [0.717, 1.165) is 16.7 Å². The average Bonchev–Trinajstić information content (AvgIpc) is 2.36. The SMILES string of the molecule is Cc1cc(C)cc(/C=C(/C(=O)O)c2ccc([O-])cc2)c1. The van der Waals surface area contributed by atoms with E-state index in [9.17, 15) is 15.0 Å². The lowest BCUT2D eigenvalue weighted by Gasteiger charge is -2.08. The van der Waals surface area contributed by atoms with Crippen molar-refractivity contribution in [1.29, 1.82) is 0 Å². The summed E-state index contributed by atoms with van der Waals surface area (Å²) < 4.78 is 0. The number of aryl methyl sites for hydroxylation is 2. The van der Waals surface area contributed by atoms with Gasteiger partial charge in [-0.1, -0.05) is 53.6 Å². The second-order valence-corrected chi connectivity index (χ2v) is 4.81. The molecule has 0 aromatic heterocycles. The first-order chi connectivity index (χ1) is 9.45. The Balaban J connectivity index is 2.50. The first-order valence-electron chi connectivity index (χ1n) is 6.26. The van der Waals surface area contributed by atoms with E-state index in [1.54, 1.807) is 6.08 Å². The van der Waals surface area contributed by atoms with E-state index in [1.807, 2.05) is 32.0 Å². The van der Waals surface area contributed by atoms with Gasteiger partial charge in [-0.25, -0.2) is 4.79 Å². The van der Waals surface area contributed by atoms with Crippen molar-refractivity contribution < 1.29 is 15.0 Å². The van der Waals surface area contributed by atoms with Gasteiger partial charge in [-0.05, 0) is 31.1 Å². The molecule has 0 spiro atoms. The van der Waals surface area contributed by atoms with Crippen molar-refractivity contribution >= 4 is 17.6 Å². The maximum absolute atomic E-state index is 11.4. The summed E-state index contributed by atoms with van der Waals surface area (Å²) in [5, 5.41) is 20.4. The molecule has 0 unspecified atom stereocenters. The van der Waals surface area contributed by atoms with Crippen LogP contribution in [0.5, 0.6) is 5.75 Å². The van der Waals surface area contributed by atoms with Crippen LogP contribution < -0.4 is 5.11 Å². The Kier molecular flexibility index (Phi) is 3.89. The molecule has 0 aliphatic heterocycles. The van der Waals surface area contributed by atoms with Gasteiger partial charge in [0.2, 0.25) is 0 Å². The summed E-state index contributed by atoms with van der Waals surface area (Å²) in [6.07, 6.45) is 1.63. The lowest BCUT2D eigenvalue weighted by molar-refractivity contribution is -0.268. The monoisotopic (exact) mass is 267 g/mol. The highest BCUT2D eigenvalue weighted by molar-refractivity contribution is 6.20. The van der Waals surface area contributed by atoms with Crippen molar-refractivity contribution in [2.24, 2.45) is 0 Å². The van der Waals surface area contributed by atoms with E-state index in [0.29, 0.717) is 5.56 Å². The van der Waals surface area contributed by atoms with Crippen LogP contribution in [-0.2, 0) is 4.79 Å². The molecular weight excluding hydrogens is 252 g/mol. The van der Waals surface area contributed by atoms with Gasteiger partial charge in [-0.15, -0.1) is 5.75 Å². The van der Waals surface area contributed by atoms with E-state index < -0.39 is 5.97 Å². The van der Waals surface area contributed by atoms with Crippen molar-refractivity contribution in [2.45, 2.75) is 13.8 Å². The summed E-state index contributed by atoms with van der Waals surface area (Å²) in [5.41, 5.74) is 3.70. The Hall–Kier alpha value is -2.55. The number of carboxylic acids is 1. The molecule has 1 N–H and O–H groups in total. The molecule has 0 aliphatic carbocycles. The van der Waals surface area contributed by atoms with Crippen LogP contribution in [0.3, 0.4) is 0 Å². The van der Waals surface area contributed by atoms with Crippen LogP contribution >= 0.6 is 0 Å². The van der Waals surface area contributed by atoms with Crippen molar-refractivity contribution in [2.75, 3.05) is 0 Å². The molecule has 0 amide bonds. The fourth-order valence-electron chi connectivity index (χ4n) is 2.16. The van der Waals surface area contributed by atoms with Gasteiger partial charge in [0, 0.05) is 0 Å². The minimum Gasteiger partial charge on any atom is -0.872 e. The molecular formula is C17H15O3-. The average molecular weight is 267 g/mol. The molecule has 0 atom stereocenters. The Labute approximate surface area is 117 Å². The predicted molar refractivity (Wildman–Crippen MR) is 77.3 cm³/mol. The second-order valence-electron chi connectivity index (χ2n) is 4.81. The fourth-order valence-corrected chi connectivity index (χ4v) is 2.16. The summed E-state index contributed by atoms with van der Waals surface area (Å²) in [5.74, 6) is -1.15. The summed E-state index contributed by atoms with van der Waals surface area (Å²) in [4.78, 5) is 11.4. The zero-order valence-corrected chi connectivity index (χ0v) is 11.4. The first kappa shape index (κ1) is 13.9. The van der Waals surface area contributed by atoms with Crippen molar-refractivity contribution in [3.63, 3.8) is 0 Å². The number of carboxylic acid groups (broad SMARTS) is 1. The highest BCUT2D eigenvalue weighted by atomic mass is 16.4. The molecule has 3 nitrogen and oxygen atoms in total. The fraction of sp³-hybridized carbons (Fsp3) is 0.118. The van der Waals surface area contributed by atoms with Crippen molar-refractivity contribution in [3.05, 3.63) is 64.7 Å². The Morgan fingerprint density at radius 1 is 1.05 bits per heavy atom. The molecule has 20 heavy (non-hydrogen) atoms. The quantitative estimate of drug-likeness (QED) is 0.687. The van der Waals surface area contributed by atoms with Gasteiger partial charge in [0.05, 0.1) is 5.57 Å². The largest absolute Gasteiger partial charge is 0.872 e. The van der Waals surface area contributed by atoms with Gasteiger partial charge in [0.25, 0.3) is 0 Å². The molecule has 0 heterocycles. The Morgan fingerprint density at radius 3 is 2.10 bits per heavy atom. The third-order valence-corrected chi connectivity index (χ3v) is 2.95. The molecule has 0 saturated heterocycles. The number of hydrogen-bond acceptors (Lipinski definition) is 2. The van der Waals surface area contributed by atoms with Crippen LogP contribution in [0.2, 0.25) is 0 Å². The number of benzene rings is 2. The van der Waals surface area contributed by atoms with E-state index in [-0.39, 0.29) is 11.3 Å². The van der Waals surface area contributed by atoms with Gasteiger partial charge in [-0.3, -0.25) is 0 Å². The molecule has 102 valence electrons. The topological polar surface area (TPSA) is 60.4 Å². The third kappa shape index (κ3) is 3.26. The van der Waals surface area contributed by atoms with Crippen molar-refractivity contribution in [1.82, 2.24) is 0 Å². The zero-order valence-electron chi connectivity index (χ0n) is 11.4. The van der Waals surface area contributed by atoms with Gasteiger partial charge in [0.15, 0.2) is 0 Å². The highest BCUT2D eigenvalue weighted by Crippen LogP contribution is 2.21. The Morgan fingerprint density at radius 2 is 1.60 bits per heavy atom. The van der Waals surface area contributed by atoms with Crippen LogP contribution in [0.1, 0.15) is 22.3 Å². The van der Waals surface area contributed by atoms with Crippen LogP contribution in [0.25, 0.3) is 11.6 Å². The minimum atomic E-state index is -1.01. The minimum absolute atomic E-state index is 0.134. The molecule has 0 bridgehead atoms. The molecule has 3 heteroatoms. The van der Waals surface area contributed by atoms with Crippen LogP contribution in [0.15, 0.2) is 42.5 Å². The van der Waals surface area contributed by atoms with Gasteiger partial charge in [0.1, 0.15) is 0 Å². The number of rotatable bonds is 3. The van der Waals surface area contributed by atoms with Crippen LogP contribution in [0.4, 0.5) is 0 Å². The number of carbonyl (C=O) groups is 1. The number of hydrogen-bond donors (Lipinski definition) is 1. The van der Waals surface area contributed by atoms with Gasteiger partial charge < -0.3 is 10.2 Å². The summed E-state index contributed by atoms with van der Waals surface area (Å²) in [6.45, 7) is 3.94. The standard InChI is InChI=1S/C17H16O3/c1-11-7-12(2)9-13(8-11)10-16(17(19)20)14-3-5-15(18)6-4-14/h3-10,18H,1-2H3,(H,19,20)/p-1/b16-10+. The Bertz CT molecular complexity index is 647. The normalized spacial score (nSPS) is 11.4. The molecule has 0 fully saturated rings. The number of aliphatic carboxylic acids is 1. The van der Waals surface area contributed by atoms with Crippen LogP contribution in [0, 0.1) is 13.8 Å². The van der Waals surface area contributed by atoms with E-state index in [4.69, 9.17) is 0 Å². The molecule has 2 aromatic carbocycles. The third-order valence-electron chi connectivity index (χ3n) is 2.95. The maximum Gasteiger partial charge on any atom is 0.336 e. The first-order valence-corrected chi connectivity index (χ1v) is 6.26. The van der Waals surface area contributed by atoms with E-state index in [1.165, 1.54) is 24.3 Å². The highest BCUT2D eigenvalue weighted by Gasteiger charge is 2.10. The van der Waals surface area contributed by atoms with Crippen LogP contribution in [-0.4, -0.2) is 11.1 Å². The summed E-state index contributed by atoms with van der Waals surface area (Å²) in [7, 11) is 0. The molecule has 0 saturated carbocycles. The van der Waals surface area contributed by atoms with Crippen molar-refractivity contribution in [3.8, 4) is 5.75 Å². The van der Waals surface area contributed by atoms with E-state index in [2.05, 4.69) is 0 Å². The summed E-state index contributed by atoms with van der Waals surface area (Å²) in [6, 6.07) is 11.7. The van der Waals surface area contributed by atoms with Gasteiger partial charge >= 0.3 is 5.97 Å². The molecule has 0 aliphatic rings. The smallest absolute Gasteiger partial charge is 0.336 e. The summed E-state index contributed by atoms with van der Waals surface area (Å²) >= 11 is 0. The second kappa shape index (κ2) is 5.61. The lowest BCUT2D eigenvalue weighted by Crippen LogP contribution is -2.00. The maximum atomic E-state index is 11.4. The molecule has 2 rings (SSSR count). The predicted octanol–water partition coefficient (Wildman–Crippen LogP) is 3.00. The molecule has 2 aromatic rings.